The summed E-state index contributed by atoms with van der Waals surface area (Å²) in [6.45, 7) is 4.94. The first-order chi connectivity index (χ1) is 10.2. The van der Waals surface area contributed by atoms with Gasteiger partial charge in [-0.05, 0) is 36.5 Å². The highest BCUT2D eigenvalue weighted by Crippen LogP contribution is 2.29. The molecule has 1 saturated heterocycles. The summed E-state index contributed by atoms with van der Waals surface area (Å²) in [5.41, 5.74) is 1.62. The van der Waals surface area contributed by atoms with Crippen LogP contribution in [0.3, 0.4) is 0 Å². The molecule has 0 radical (unpaired) electrons. The number of carbonyl (C=O) groups is 1. The van der Waals surface area contributed by atoms with Gasteiger partial charge >= 0.3 is 0 Å². The quantitative estimate of drug-likeness (QED) is 0.844. The van der Waals surface area contributed by atoms with E-state index in [4.69, 9.17) is 5.26 Å². The Morgan fingerprint density at radius 3 is 2.38 bits per heavy atom. The van der Waals surface area contributed by atoms with E-state index in [9.17, 15) is 4.79 Å². The minimum atomic E-state index is 0.200. The molecule has 2 aliphatic rings. The molecule has 1 aliphatic carbocycles. The van der Waals surface area contributed by atoms with Crippen molar-refractivity contribution in [1.29, 1.82) is 5.26 Å². The van der Waals surface area contributed by atoms with Crippen LogP contribution in [0.25, 0.3) is 0 Å². The van der Waals surface area contributed by atoms with Crippen molar-refractivity contribution in [2.45, 2.75) is 19.3 Å². The van der Waals surface area contributed by atoms with E-state index in [2.05, 4.69) is 11.0 Å². The summed E-state index contributed by atoms with van der Waals surface area (Å²) >= 11 is 0. The monoisotopic (exact) mass is 283 g/mol. The zero-order valence-electron chi connectivity index (χ0n) is 12.3. The number of carbonyl (C=O) groups excluding carboxylic acids is 1. The average molecular weight is 283 g/mol. The van der Waals surface area contributed by atoms with E-state index in [1.54, 1.807) is 12.1 Å². The minimum Gasteiger partial charge on any atom is -0.340 e. The topological polar surface area (TPSA) is 47.3 Å². The molecule has 1 heterocycles. The second kappa shape index (κ2) is 6.28. The van der Waals surface area contributed by atoms with Gasteiger partial charge in [0.25, 0.3) is 0 Å². The van der Waals surface area contributed by atoms with Gasteiger partial charge in [0.05, 0.1) is 18.1 Å². The third-order valence-electron chi connectivity index (χ3n) is 4.38. The second-order valence-corrected chi connectivity index (χ2v) is 6.11. The van der Waals surface area contributed by atoms with E-state index < -0.39 is 0 Å². The minimum absolute atomic E-state index is 0.200. The van der Waals surface area contributed by atoms with Crippen LogP contribution >= 0.6 is 0 Å². The SMILES string of the molecule is N#Cc1ccc(CC(=O)N2CCN(CC3CC3)CC2)cc1. The van der Waals surface area contributed by atoms with E-state index in [0.29, 0.717) is 12.0 Å². The third-order valence-corrected chi connectivity index (χ3v) is 4.38. The van der Waals surface area contributed by atoms with Gasteiger partial charge in [-0.15, -0.1) is 0 Å². The van der Waals surface area contributed by atoms with Crippen LogP contribution in [0.15, 0.2) is 24.3 Å². The van der Waals surface area contributed by atoms with Crippen LogP contribution in [0.2, 0.25) is 0 Å². The number of amides is 1. The van der Waals surface area contributed by atoms with Crippen molar-refractivity contribution in [2.75, 3.05) is 32.7 Å². The van der Waals surface area contributed by atoms with Crippen molar-refractivity contribution in [3.8, 4) is 6.07 Å². The van der Waals surface area contributed by atoms with Crippen molar-refractivity contribution in [1.82, 2.24) is 9.80 Å². The summed E-state index contributed by atoms with van der Waals surface area (Å²) < 4.78 is 0. The lowest BCUT2D eigenvalue weighted by Gasteiger charge is -2.34. The van der Waals surface area contributed by atoms with Crippen molar-refractivity contribution in [2.24, 2.45) is 5.92 Å². The number of nitrogens with zero attached hydrogens (tertiary/aromatic N) is 3. The Balaban J connectivity index is 1.48. The van der Waals surface area contributed by atoms with Gasteiger partial charge in [-0.2, -0.15) is 5.26 Å². The Morgan fingerprint density at radius 1 is 1.14 bits per heavy atom. The molecular weight excluding hydrogens is 262 g/mol. The van der Waals surface area contributed by atoms with Gasteiger partial charge < -0.3 is 4.90 Å². The first-order valence-corrected chi connectivity index (χ1v) is 7.74. The lowest BCUT2D eigenvalue weighted by Crippen LogP contribution is -2.49. The van der Waals surface area contributed by atoms with Gasteiger partial charge in [0.1, 0.15) is 0 Å². The summed E-state index contributed by atoms with van der Waals surface area (Å²) in [5.74, 6) is 1.12. The Kier molecular flexibility index (Phi) is 4.21. The maximum Gasteiger partial charge on any atom is 0.227 e. The lowest BCUT2D eigenvalue weighted by atomic mass is 10.1. The maximum atomic E-state index is 12.3. The van der Waals surface area contributed by atoms with Crippen molar-refractivity contribution < 1.29 is 4.79 Å². The van der Waals surface area contributed by atoms with E-state index in [1.165, 1.54) is 19.4 Å². The largest absolute Gasteiger partial charge is 0.340 e. The summed E-state index contributed by atoms with van der Waals surface area (Å²) in [6.07, 6.45) is 3.21. The molecule has 110 valence electrons. The van der Waals surface area contributed by atoms with E-state index in [0.717, 1.165) is 37.7 Å². The van der Waals surface area contributed by atoms with Crippen molar-refractivity contribution >= 4 is 5.91 Å². The number of rotatable bonds is 4. The molecule has 4 nitrogen and oxygen atoms in total. The van der Waals surface area contributed by atoms with E-state index in [-0.39, 0.29) is 5.91 Å². The van der Waals surface area contributed by atoms with Crippen molar-refractivity contribution in [3.63, 3.8) is 0 Å². The summed E-state index contributed by atoms with van der Waals surface area (Å²) in [4.78, 5) is 16.8. The molecule has 3 rings (SSSR count). The number of benzene rings is 1. The standard InChI is InChI=1S/C17H21N3O/c18-12-15-3-1-14(2-4-15)11-17(21)20-9-7-19(8-10-20)13-16-5-6-16/h1-4,16H,5-11,13H2. The number of nitriles is 1. The number of hydrogen-bond acceptors (Lipinski definition) is 3. The first-order valence-electron chi connectivity index (χ1n) is 7.74. The average Bonchev–Trinajstić information content (AvgIpc) is 3.33. The highest BCUT2D eigenvalue weighted by Gasteiger charge is 2.27. The molecule has 21 heavy (non-hydrogen) atoms. The molecule has 0 unspecified atom stereocenters. The predicted molar refractivity (Wildman–Crippen MR) is 80.6 cm³/mol. The van der Waals surface area contributed by atoms with Gasteiger partial charge in [-0.3, -0.25) is 9.69 Å². The zero-order valence-corrected chi connectivity index (χ0v) is 12.3. The highest BCUT2D eigenvalue weighted by molar-refractivity contribution is 5.78. The van der Waals surface area contributed by atoms with Crippen LogP contribution in [0, 0.1) is 17.2 Å². The molecule has 1 amide bonds. The van der Waals surface area contributed by atoms with E-state index >= 15 is 0 Å². The Morgan fingerprint density at radius 2 is 1.81 bits per heavy atom. The van der Waals surface area contributed by atoms with Crippen LogP contribution in [0.1, 0.15) is 24.0 Å². The zero-order chi connectivity index (χ0) is 14.7. The molecule has 0 aromatic heterocycles. The van der Waals surface area contributed by atoms with Gasteiger partial charge in [-0.25, -0.2) is 0 Å². The molecule has 4 heteroatoms. The second-order valence-electron chi connectivity index (χ2n) is 6.11. The van der Waals surface area contributed by atoms with Crippen molar-refractivity contribution in [3.05, 3.63) is 35.4 Å². The highest BCUT2D eigenvalue weighted by atomic mass is 16.2. The Hall–Kier alpha value is -1.86. The fourth-order valence-electron chi connectivity index (χ4n) is 2.83. The smallest absolute Gasteiger partial charge is 0.227 e. The summed E-state index contributed by atoms with van der Waals surface area (Å²) in [7, 11) is 0. The molecule has 1 saturated carbocycles. The molecule has 0 bridgehead atoms. The van der Waals surface area contributed by atoms with Crippen LogP contribution < -0.4 is 0 Å². The maximum absolute atomic E-state index is 12.3. The van der Waals surface area contributed by atoms with Crippen LogP contribution in [0.4, 0.5) is 0 Å². The Bertz CT molecular complexity index is 534. The molecule has 0 spiro atoms. The molecule has 2 fully saturated rings. The van der Waals surface area contributed by atoms with Crippen LogP contribution in [-0.2, 0) is 11.2 Å². The molecule has 1 aromatic rings. The fraction of sp³-hybridized carbons (Fsp3) is 0.529. The van der Waals surface area contributed by atoms with Gasteiger partial charge in [0, 0.05) is 32.7 Å². The fourth-order valence-corrected chi connectivity index (χ4v) is 2.83. The van der Waals surface area contributed by atoms with Gasteiger partial charge in [-0.1, -0.05) is 12.1 Å². The van der Waals surface area contributed by atoms with E-state index in [1.807, 2.05) is 17.0 Å². The van der Waals surface area contributed by atoms with Crippen LogP contribution in [-0.4, -0.2) is 48.4 Å². The third kappa shape index (κ3) is 3.83. The first kappa shape index (κ1) is 14.1. The number of piperazine rings is 1. The molecular formula is C17H21N3O. The summed E-state index contributed by atoms with van der Waals surface area (Å²) in [5, 5.41) is 8.78. The normalized spacial score (nSPS) is 19.3. The molecule has 1 aliphatic heterocycles. The van der Waals surface area contributed by atoms with Gasteiger partial charge in [0.2, 0.25) is 5.91 Å². The predicted octanol–water partition coefficient (Wildman–Crippen LogP) is 1.65. The number of hydrogen-bond donors (Lipinski definition) is 0. The van der Waals surface area contributed by atoms with Crippen LogP contribution in [0.5, 0.6) is 0 Å². The Labute approximate surface area is 126 Å². The summed E-state index contributed by atoms with van der Waals surface area (Å²) in [6, 6.07) is 9.39. The lowest BCUT2D eigenvalue weighted by molar-refractivity contribution is -0.132. The molecule has 0 N–H and O–H groups in total. The molecule has 0 atom stereocenters. The van der Waals surface area contributed by atoms with Gasteiger partial charge in [0.15, 0.2) is 0 Å². The molecule has 1 aromatic carbocycles.